The van der Waals surface area contributed by atoms with E-state index in [0.29, 0.717) is 6.42 Å². The van der Waals surface area contributed by atoms with Gasteiger partial charge in [-0.15, -0.1) is 0 Å². The monoisotopic (exact) mass is 314 g/mol. The molecule has 0 aliphatic rings. The van der Waals surface area contributed by atoms with Gasteiger partial charge < -0.3 is 0 Å². The van der Waals surface area contributed by atoms with Gasteiger partial charge in [-0.1, -0.05) is 37.5 Å². The molecule has 0 heterocycles. The predicted octanol–water partition coefficient (Wildman–Crippen LogP) is 1.68. The van der Waals surface area contributed by atoms with Gasteiger partial charge in [0, 0.05) is 6.54 Å². The topological polar surface area (TPSA) is 86.7 Å². The number of nitrogens with one attached hydrogen (secondary N) is 1. The molecule has 1 aromatic rings. The lowest BCUT2D eigenvalue weighted by Crippen LogP contribution is -2.40. The number of carbonyl (C=O) groups is 1. The van der Waals surface area contributed by atoms with Crippen LogP contribution in [0.15, 0.2) is 29.2 Å². The number of aryl methyl sites for hydroxylation is 1. The molecule has 21 heavy (non-hydrogen) atoms. The third kappa shape index (κ3) is 5.11. The van der Waals surface area contributed by atoms with Gasteiger partial charge in [-0.05, 0) is 25.5 Å². The van der Waals surface area contributed by atoms with Crippen LogP contribution >= 0.6 is 0 Å². The van der Waals surface area contributed by atoms with Gasteiger partial charge in [0.1, 0.15) is 0 Å². The third-order valence-electron chi connectivity index (χ3n) is 3.11. The molecule has 0 unspecified atom stereocenters. The lowest BCUT2D eigenvalue weighted by molar-refractivity contribution is -0.129. The van der Waals surface area contributed by atoms with Gasteiger partial charge in [0.25, 0.3) is 5.91 Å². The average molecular weight is 314 g/mol. The van der Waals surface area contributed by atoms with Gasteiger partial charge in [-0.3, -0.25) is 10.0 Å². The van der Waals surface area contributed by atoms with E-state index in [1.54, 1.807) is 12.1 Å². The Morgan fingerprint density at radius 1 is 1.24 bits per heavy atom. The summed E-state index contributed by atoms with van der Waals surface area (Å²) in [6.07, 6.45) is 2.49. The maximum atomic E-state index is 12.6. The Bertz CT molecular complexity index is 555. The van der Waals surface area contributed by atoms with Crippen molar-refractivity contribution >= 4 is 15.9 Å². The highest BCUT2D eigenvalue weighted by Crippen LogP contribution is 2.17. The molecule has 0 fully saturated rings. The van der Waals surface area contributed by atoms with E-state index in [2.05, 4.69) is 0 Å². The number of carbonyl (C=O) groups excluding carboxylic acids is 1. The van der Waals surface area contributed by atoms with Crippen molar-refractivity contribution in [2.24, 2.45) is 0 Å². The van der Waals surface area contributed by atoms with Gasteiger partial charge in [0.05, 0.1) is 11.4 Å². The van der Waals surface area contributed by atoms with E-state index in [-0.39, 0.29) is 11.4 Å². The molecule has 2 N–H and O–H groups in total. The Kier molecular flexibility index (Phi) is 6.80. The highest BCUT2D eigenvalue weighted by Gasteiger charge is 2.25. The highest BCUT2D eigenvalue weighted by atomic mass is 32.2. The van der Waals surface area contributed by atoms with Crippen LogP contribution < -0.4 is 5.48 Å². The van der Waals surface area contributed by atoms with Crippen molar-refractivity contribution in [2.75, 3.05) is 13.1 Å². The minimum absolute atomic E-state index is 0.148. The summed E-state index contributed by atoms with van der Waals surface area (Å²) in [6, 6.07) is 6.47. The first-order valence-electron chi connectivity index (χ1n) is 6.91. The van der Waals surface area contributed by atoms with E-state index < -0.39 is 22.5 Å². The fraction of sp³-hybridized carbons (Fsp3) is 0.500. The molecule has 0 aliphatic heterocycles. The lowest BCUT2D eigenvalue weighted by atomic mass is 10.2. The molecule has 0 aliphatic carbocycles. The van der Waals surface area contributed by atoms with Crippen molar-refractivity contribution in [1.29, 1.82) is 0 Å². The number of unbranched alkanes of at least 4 members (excludes halogenated alkanes) is 2. The van der Waals surface area contributed by atoms with Crippen LogP contribution in [0.25, 0.3) is 0 Å². The number of rotatable bonds is 8. The van der Waals surface area contributed by atoms with Gasteiger partial charge in [-0.2, -0.15) is 4.31 Å². The molecule has 0 aromatic heterocycles. The normalized spacial score (nSPS) is 11.6. The van der Waals surface area contributed by atoms with Crippen LogP contribution in [0.5, 0.6) is 0 Å². The second-order valence-electron chi connectivity index (χ2n) is 4.89. The van der Waals surface area contributed by atoms with Crippen LogP contribution in [0.2, 0.25) is 0 Å². The van der Waals surface area contributed by atoms with Crippen molar-refractivity contribution in [3.8, 4) is 0 Å². The maximum Gasteiger partial charge on any atom is 0.258 e. The largest absolute Gasteiger partial charge is 0.289 e. The number of amides is 1. The van der Waals surface area contributed by atoms with Gasteiger partial charge in [0.2, 0.25) is 10.0 Å². The van der Waals surface area contributed by atoms with Crippen LogP contribution in [0.3, 0.4) is 0 Å². The fourth-order valence-electron chi connectivity index (χ4n) is 1.88. The second-order valence-corrected chi connectivity index (χ2v) is 6.83. The first-order valence-corrected chi connectivity index (χ1v) is 8.35. The molecule has 6 nitrogen and oxygen atoms in total. The van der Waals surface area contributed by atoms with E-state index in [1.807, 2.05) is 13.8 Å². The molecule has 1 amide bonds. The summed E-state index contributed by atoms with van der Waals surface area (Å²) < 4.78 is 26.2. The van der Waals surface area contributed by atoms with Gasteiger partial charge >= 0.3 is 0 Å². The number of nitrogens with zero attached hydrogens (tertiary/aromatic N) is 1. The first kappa shape index (κ1) is 17.6. The van der Waals surface area contributed by atoms with E-state index in [1.165, 1.54) is 17.6 Å². The van der Waals surface area contributed by atoms with Crippen molar-refractivity contribution in [3.05, 3.63) is 29.8 Å². The smallest absolute Gasteiger partial charge is 0.258 e. The van der Waals surface area contributed by atoms with Crippen LogP contribution in [0, 0.1) is 6.92 Å². The maximum absolute atomic E-state index is 12.6. The third-order valence-corrected chi connectivity index (χ3v) is 4.97. The van der Waals surface area contributed by atoms with E-state index in [0.717, 1.165) is 22.7 Å². The number of hydrogen-bond donors (Lipinski definition) is 2. The lowest BCUT2D eigenvalue weighted by Gasteiger charge is -2.21. The number of hydroxylamine groups is 1. The van der Waals surface area contributed by atoms with E-state index in [9.17, 15) is 13.2 Å². The fourth-order valence-corrected chi connectivity index (χ4v) is 3.31. The molecule has 0 saturated carbocycles. The summed E-state index contributed by atoms with van der Waals surface area (Å²) in [5.41, 5.74) is 2.43. The van der Waals surface area contributed by atoms with Gasteiger partial charge in [-0.25, -0.2) is 13.9 Å². The summed E-state index contributed by atoms with van der Waals surface area (Å²) in [7, 11) is -3.74. The number of hydrogen-bond acceptors (Lipinski definition) is 4. The van der Waals surface area contributed by atoms with E-state index in [4.69, 9.17) is 5.21 Å². The Hall–Kier alpha value is -1.44. The van der Waals surface area contributed by atoms with E-state index >= 15 is 0 Å². The molecule has 1 rings (SSSR count). The van der Waals surface area contributed by atoms with Crippen LogP contribution in [0.1, 0.15) is 31.7 Å². The summed E-state index contributed by atoms with van der Waals surface area (Å²) >= 11 is 0. The Labute approximate surface area is 125 Å². The Balaban J connectivity index is 2.98. The molecule has 0 saturated heterocycles. The van der Waals surface area contributed by atoms with Crippen molar-refractivity contribution in [2.45, 2.75) is 38.0 Å². The molecule has 118 valence electrons. The zero-order valence-electron chi connectivity index (χ0n) is 12.4. The number of benzene rings is 1. The summed E-state index contributed by atoms with van der Waals surface area (Å²) in [6.45, 7) is 3.74. The molecule has 1 aromatic carbocycles. The summed E-state index contributed by atoms with van der Waals surface area (Å²) in [5.74, 6) is -0.748. The molecular formula is C14H22N2O4S. The first-order chi connectivity index (χ1) is 9.91. The summed E-state index contributed by atoms with van der Waals surface area (Å²) in [5, 5.41) is 8.61. The molecule has 0 bridgehead atoms. The van der Waals surface area contributed by atoms with Crippen LogP contribution in [-0.2, 0) is 14.8 Å². The Morgan fingerprint density at radius 3 is 2.38 bits per heavy atom. The minimum atomic E-state index is -3.74. The standard InChI is InChI=1S/C14H22N2O4S/c1-3-4-5-10-16(11-14(17)15-18)21(19,20)13-8-6-12(2)7-9-13/h6-9,18H,3-5,10-11H2,1-2H3,(H,15,17). The number of sulfonamides is 1. The highest BCUT2D eigenvalue weighted by molar-refractivity contribution is 7.89. The van der Waals surface area contributed by atoms with Crippen molar-refractivity contribution in [3.63, 3.8) is 0 Å². The quantitative estimate of drug-likeness (QED) is 0.434. The molecular weight excluding hydrogens is 292 g/mol. The van der Waals surface area contributed by atoms with Crippen molar-refractivity contribution in [1.82, 2.24) is 9.79 Å². The predicted molar refractivity (Wildman–Crippen MR) is 79.4 cm³/mol. The Morgan fingerprint density at radius 2 is 1.86 bits per heavy atom. The molecule has 7 heteroatoms. The molecule has 0 atom stereocenters. The SMILES string of the molecule is CCCCCN(CC(=O)NO)S(=O)(=O)c1ccc(C)cc1. The minimum Gasteiger partial charge on any atom is -0.289 e. The molecule has 0 radical (unpaired) electrons. The summed E-state index contributed by atoms with van der Waals surface area (Å²) in [4.78, 5) is 11.5. The second kappa shape index (κ2) is 8.11. The average Bonchev–Trinajstić information content (AvgIpc) is 2.46. The van der Waals surface area contributed by atoms with Crippen LogP contribution in [0.4, 0.5) is 0 Å². The zero-order valence-corrected chi connectivity index (χ0v) is 13.2. The molecule has 0 spiro atoms. The van der Waals surface area contributed by atoms with Gasteiger partial charge in [0.15, 0.2) is 0 Å². The van der Waals surface area contributed by atoms with Crippen LogP contribution in [-0.4, -0.2) is 36.9 Å². The zero-order chi connectivity index (χ0) is 15.9. The van der Waals surface area contributed by atoms with Crippen molar-refractivity contribution < 1.29 is 18.4 Å².